The molecule has 166 valence electrons. The van der Waals surface area contributed by atoms with Crippen LogP contribution in [-0.2, 0) is 6.61 Å². The second-order valence-corrected chi connectivity index (χ2v) is 8.28. The average Bonchev–Trinajstić information content (AvgIpc) is 2.76. The molecule has 0 aliphatic heterocycles. The quantitative estimate of drug-likeness (QED) is 0.299. The molecule has 0 heterocycles. The summed E-state index contributed by atoms with van der Waals surface area (Å²) in [7, 11) is 1.60. The van der Waals surface area contributed by atoms with E-state index in [0.717, 1.165) is 33.0 Å². The van der Waals surface area contributed by atoms with Gasteiger partial charge in [0.1, 0.15) is 18.1 Å². The van der Waals surface area contributed by atoms with E-state index in [2.05, 4.69) is 10.5 Å². The summed E-state index contributed by atoms with van der Waals surface area (Å²) in [6.07, 6.45) is 1.53. The number of hydrogen-bond acceptors (Lipinski definition) is 4. The first kappa shape index (κ1) is 23.9. The number of benzene rings is 3. The molecule has 3 aromatic carbocycles. The van der Waals surface area contributed by atoms with Gasteiger partial charge in [0.05, 0.1) is 23.9 Å². The van der Waals surface area contributed by atoms with Gasteiger partial charge in [0.15, 0.2) is 0 Å². The molecule has 32 heavy (non-hydrogen) atoms. The van der Waals surface area contributed by atoms with Crippen molar-refractivity contribution in [1.82, 2.24) is 5.43 Å². The van der Waals surface area contributed by atoms with Gasteiger partial charge in [0.2, 0.25) is 0 Å². The molecule has 3 aromatic rings. The number of hydrogen-bond donors (Lipinski definition) is 1. The number of carbonyl (C=O) groups is 1. The number of ether oxygens (including phenoxy) is 2. The first-order valence-corrected chi connectivity index (χ1v) is 10.8. The maximum absolute atomic E-state index is 12.3. The van der Waals surface area contributed by atoms with Crippen LogP contribution < -0.4 is 14.9 Å². The fourth-order valence-corrected chi connectivity index (χ4v) is 3.64. The van der Waals surface area contributed by atoms with Gasteiger partial charge in [-0.3, -0.25) is 4.79 Å². The fourth-order valence-electron chi connectivity index (χ4n) is 3.04. The summed E-state index contributed by atoms with van der Waals surface area (Å²) in [6, 6.07) is 13.9. The molecule has 0 aliphatic carbocycles. The topological polar surface area (TPSA) is 59.9 Å². The summed E-state index contributed by atoms with van der Waals surface area (Å²) in [5, 5.41) is 5.45. The van der Waals surface area contributed by atoms with Crippen LogP contribution in [0.5, 0.6) is 11.5 Å². The lowest BCUT2D eigenvalue weighted by molar-refractivity contribution is 0.0955. The smallest absolute Gasteiger partial charge is 0.272 e. The summed E-state index contributed by atoms with van der Waals surface area (Å²) in [5.74, 6) is 0.965. The molecular formula is C24H21Cl3N2O3. The van der Waals surface area contributed by atoms with Crippen LogP contribution in [-0.4, -0.2) is 19.2 Å². The molecule has 0 radical (unpaired) electrons. The molecule has 0 fully saturated rings. The van der Waals surface area contributed by atoms with E-state index in [1.807, 2.05) is 44.2 Å². The number of halogens is 3. The minimum Gasteiger partial charge on any atom is -0.496 e. The first-order chi connectivity index (χ1) is 15.3. The molecule has 1 amide bonds. The molecule has 3 rings (SSSR count). The molecule has 0 atom stereocenters. The Hall–Kier alpha value is -2.73. The van der Waals surface area contributed by atoms with E-state index in [-0.39, 0.29) is 17.2 Å². The zero-order valence-corrected chi connectivity index (χ0v) is 20.0. The van der Waals surface area contributed by atoms with Crippen molar-refractivity contribution in [2.75, 3.05) is 7.11 Å². The Bertz CT molecular complexity index is 1160. The van der Waals surface area contributed by atoms with Crippen molar-refractivity contribution < 1.29 is 14.3 Å². The van der Waals surface area contributed by atoms with Crippen LogP contribution in [0, 0.1) is 13.8 Å². The largest absolute Gasteiger partial charge is 0.496 e. The molecule has 1 N–H and O–H groups in total. The lowest BCUT2D eigenvalue weighted by Gasteiger charge is -2.13. The van der Waals surface area contributed by atoms with E-state index < -0.39 is 5.91 Å². The van der Waals surface area contributed by atoms with E-state index in [4.69, 9.17) is 44.3 Å². The number of rotatable bonds is 7. The molecule has 0 aromatic heterocycles. The van der Waals surface area contributed by atoms with Gasteiger partial charge in [0, 0.05) is 15.6 Å². The number of nitrogens with zero attached hydrogens (tertiary/aromatic N) is 1. The highest BCUT2D eigenvalue weighted by Crippen LogP contribution is 2.28. The van der Waals surface area contributed by atoms with Crippen molar-refractivity contribution >= 4 is 46.9 Å². The Balaban J connectivity index is 1.70. The van der Waals surface area contributed by atoms with E-state index in [1.54, 1.807) is 19.2 Å². The molecule has 5 nitrogen and oxygen atoms in total. The Morgan fingerprint density at radius 2 is 1.75 bits per heavy atom. The number of methoxy groups -OCH3 is 1. The monoisotopic (exact) mass is 490 g/mol. The van der Waals surface area contributed by atoms with Crippen molar-refractivity contribution in [3.05, 3.63) is 91.4 Å². The number of hydrazone groups is 1. The van der Waals surface area contributed by atoms with Crippen LogP contribution in [0.25, 0.3) is 0 Å². The second-order valence-electron chi connectivity index (χ2n) is 7.05. The molecule has 0 saturated carbocycles. The summed E-state index contributed by atoms with van der Waals surface area (Å²) >= 11 is 18.1. The van der Waals surface area contributed by atoms with Crippen molar-refractivity contribution in [2.24, 2.45) is 5.10 Å². The first-order valence-electron chi connectivity index (χ1n) is 9.63. The lowest BCUT2D eigenvalue weighted by Crippen LogP contribution is -2.18. The maximum Gasteiger partial charge on any atom is 0.272 e. The van der Waals surface area contributed by atoms with E-state index in [9.17, 15) is 4.79 Å². The Morgan fingerprint density at radius 1 is 1.03 bits per heavy atom. The maximum atomic E-state index is 12.3. The molecular weight excluding hydrogens is 471 g/mol. The van der Waals surface area contributed by atoms with Gasteiger partial charge in [-0.05, 0) is 79.1 Å². The minimum atomic E-state index is -0.437. The highest BCUT2D eigenvalue weighted by molar-refractivity contribution is 6.36. The third-order valence-corrected chi connectivity index (χ3v) is 5.81. The summed E-state index contributed by atoms with van der Waals surface area (Å²) in [5.41, 5.74) is 6.23. The zero-order valence-electron chi connectivity index (χ0n) is 17.7. The molecule has 8 heteroatoms. The molecule has 0 saturated heterocycles. The normalized spacial score (nSPS) is 10.9. The van der Waals surface area contributed by atoms with Gasteiger partial charge < -0.3 is 9.47 Å². The zero-order chi connectivity index (χ0) is 23.3. The number of carbonyl (C=O) groups excluding carboxylic acids is 1. The minimum absolute atomic E-state index is 0.252. The number of nitrogens with one attached hydrogen (secondary N) is 1. The SMILES string of the molecule is COc1ccc(/C=N\NC(=O)c2ccc(Cl)cc2Cl)cc1COc1cc(C)c(Cl)c(C)c1. The Morgan fingerprint density at radius 3 is 2.41 bits per heavy atom. The van der Waals surface area contributed by atoms with E-state index in [0.29, 0.717) is 10.8 Å². The number of amides is 1. The molecule has 0 spiro atoms. The van der Waals surface area contributed by atoms with Crippen molar-refractivity contribution in [3.8, 4) is 11.5 Å². The van der Waals surface area contributed by atoms with Crippen LogP contribution in [0.3, 0.4) is 0 Å². The molecule has 0 aliphatic rings. The standard InChI is InChI=1S/C24H21Cl3N2O3/c1-14-8-19(9-15(2)23(14)27)32-13-17-10-16(4-7-22(17)31-3)12-28-29-24(30)20-6-5-18(25)11-21(20)26/h4-12H,13H2,1-3H3,(H,29,30)/b28-12-. The van der Waals surface area contributed by atoms with Crippen LogP contribution in [0.2, 0.25) is 15.1 Å². The van der Waals surface area contributed by atoms with Crippen LogP contribution in [0.15, 0.2) is 53.6 Å². The summed E-state index contributed by atoms with van der Waals surface area (Å²) in [6.45, 7) is 4.16. The van der Waals surface area contributed by atoms with Gasteiger partial charge in [-0.1, -0.05) is 34.8 Å². The molecule has 0 unspecified atom stereocenters. The fraction of sp³-hybridized carbons (Fsp3) is 0.167. The van der Waals surface area contributed by atoms with Gasteiger partial charge >= 0.3 is 0 Å². The Labute approximate surface area is 201 Å². The van der Waals surface area contributed by atoms with Crippen molar-refractivity contribution in [1.29, 1.82) is 0 Å². The highest BCUT2D eigenvalue weighted by atomic mass is 35.5. The predicted molar refractivity (Wildman–Crippen MR) is 130 cm³/mol. The molecule has 0 bridgehead atoms. The van der Waals surface area contributed by atoms with Crippen LogP contribution in [0.1, 0.15) is 32.6 Å². The van der Waals surface area contributed by atoms with Crippen LogP contribution >= 0.6 is 34.8 Å². The lowest BCUT2D eigenvalue weighted by atomic mass is 10.1. The van der Waals surface area contributed by atoms with E-state index >= 15 is 0 Å². The number of aryl methyl sites for hydroxylation is 2. The van der Waals surface area contributed by atoms with Gasteiger partial charge in [0.25, 0.3) is 5.91 Å². The average molecular weight is 492 g/mol. The third-order valence-electron chi connectivity index (χ3n) is 4.66. The van der Waals surface area contributed by atoms with Crippen molar-refractivity contribution in [2.45, 2.75) is 20.5 Å². The van der Waals surface area contributed by atoms with Crippen molar-refractivity contribution in [3.63, 3.8) is 0 Å². The van der Waals surface area contributed by atoms with E-state index in [1.165, 1.54) is 12.3 Å². The van der Waals surface area contributed by atoms with Gasteiger partial charge in [-0.2, -0.15) is 5.10 Å². The Kier molecular flexibility index (Phi) is 8.02. The van der Waals surface area contributed by atoms with Crippen LogP contribution in [0.4, 0.5) is 0 Å². The summed E-state index contributed by atoms with van der Waals surface area (Å²) in [4.78, 5) is 12.3. The third kappa shape index (κ3) is 5.94. The predicted octanol–water partition coefficient (Wildman–Crippen LogP) is 6.62. The highest BCUT2D eigenvalue weighted by Gasteiger charge is 2.10. The summed E-state index contributed by atoms with van der Waals surface area (Å²) < 4.78 is 11.4. The van der Waals surface area contributed by atoms with Gasteiger partial charge in [-0.25, -0.2) is 5.43 Å². The second kappa shape index (κ2) is 10.7. The van der Waals surface area contributed by atoms with Gasteiger partial charge in [-0.15, -0.1) is 0 Å².